The van der Waals surface area contributed by atoms with Crippen molar-refractivity contribution in [2.45, 2.75) is 51.1 Å². The van der Waals surface area contributed by atoms with Crippen molar-refractivity contribution in [2.75, 3.05) is 4.90 Å². The highest BCUT2D eigenvalue weighted by Gasteiger charge is 2.32. The van der Waals surface area contributed by atoms with Crippen molar-refractivity contribution >= 4 is 17.6 Å². The number of rotatable bonds is 3. The lowest BCUT2D eigenvalue weighted by molar-refractivity contribution is 0.475. The maximum absolute atomic E-state index is 5.64. The maximum Gasteiger partial charge on any atom is 0.318 e. The van der Waals surface area contributed by atoms with Gasteiger partial charge in [-0.05, 0) is 26.2 Å². The van der Waals surface area contributed by atoms with Crippen LogP contribution in [-0.4, -0.2) is 22.3 Å². The Kier molecular flexibility index (Phi) is 3.14. The predicted octanol–water partition coefficient (Wildman–Crippen LogP) is 2.58. The third-order valence-electron chi connectivity index (χ3n) is 3.05. The Morgan fingerprint density at radius 3 is 2.87 bits per heavy atom. The van der Waals surface area contributed by atoms with Gasteiger partial charge in [-0.2, -0.15) is 0 Å². The molecule has 1 aliphatic heterocycles. The second-order valence-electron chi connectivity index (χ2n) is 4.01. The van der Waals surface area contributed by atoms with Gasteiger partial charge in [0.25, 0.3) is 0 Å². The first kappa shape index (κ1) is 10.7. The molecule has 2 rings (SSSR count). The Labute approximate surface area is 94.6 Å². The van der Waals surface area contributed by atoms with E-state index in [4.69, 9.17) is 16.0 Å². The minimum atomic E-state index is 0.284. The van der Waals surface area contributed by atoms with E-state index in [-0.39, 0.29) is 5.88 Å². The van der Waals surface area contributed by atoms with E-state index in [2.05, 4.69) is 28.9 Å². The van der Waals surface area contributed by atoms with E-state index in [1.807, 2.05) is 0 Å². The second-order valence-corrected chi connectivity index (χ2v) is 4.27. The zero-order chi connectivity index (χ0) is 10.8. The van der Waals surface area contributed by atoms with Gasteiger partial charge in [0, 0.05) is 12.1 Å². The van der Waals surface area contributed by atoms with Crippen molar-refractivity contribution in [1.82, 2.24) is 10.2 Å². The molecule has 0 amide bonds. The molecular weight excluding hydrogens is 214 g/mol. The number of hydrogen-bond acceptors (Lipinski definition) is 4. The lowest BCUT2D eigenvalue weighted by atomic mass is 10.2. The normalized spacial score (nSPS) is 26.2. The average molecular weight is 230 g/mol. The molecule has 2 unspecified atom stereocenters. The molecule has 1 saturated heterocycles. The van der Waals surface area contributed by atoms with Crippen molar-refractivity contribution < 1.29 is 4.42 Å². The van der Waals surface area contributed by atoms with Crippen LogP contribution in [-0.2, 0) is 5.88 Å². The highest BCUT2D eigenvalue weighted by atomic mass is 35.5. The van der Waals surface area contributed by atoms with Crippen molar-refractivity contribution in [3.63, 3.8) is 0 Å². The zero-order valence-electron chi connectivity index (χ0n) is 9.11. The summed E-state index contributed by atoms with van der Waals surface area (Å²) >= 11 is 5.64. The van der Waals surface area contributed by atoms with Crippen molar-refractivity contribution in [3.05, 3.63) is 5.89 Å². The lowest BCUT2D eigenvalue weighted by Crippen LogP contribution is -2.34. The van der Waals surface area contributed by atoms with Gasteiger partial charge in [0.2, 0.25) is 5.89 Å². The zero-order valence-corrected chi connectivity index (χ0v) is 9.87. The molecule has 4 nitrogen and oxygen atoms in total. The highest BCUT2D eigenvalue weighted by Crippen LogP contribution is 2.30. The number of aromatic nitrogens is 2. The fraction of sp³-hybridized carbons (Fsp3) is 0.800. The molecule has 0 saturated carbocycles. The smallest absolute Gasteiger partial charge is 0.318 e. The average Bonchev–Trinajstić information content (AvgIpc) is 2.83. The second kappa shape index (κ2) is 4.39. The molecule has 0 radical (unpaired) electrons. The van der Waals surface area contributed by atoms with Crippen LogP contribution in [0.4, 0.5) is 6.01 Å². The topological polar surface area (TPSA) is 42.2 Å². The summed E-state index contributed by atoms with van der Waals surface area (Å²) in [5.41, 5.74) is 0. The summed E-state index contributed by atoms with van der Waals surface area (Å²) in [6, 6.07) is 1.64. The van der Waals surface area contributed by atoms with Crippen LogP contribution in [0.5, 0.6) is 0 Å². The molecule has 2 heterocycles. The minimum Gasteiger partial charge on any atom is -0.407 e. The van der Waals surface area contributed by atoms with Gasteiger partial charge in [0.15, 0.2) is 0 Å². The molecular formula is C10H16ClN3O. The molecule has 0 aliphatic carbocycles. The molecule has 1 aromatic rings. The van der Waals surface area contributed by atoms with Crippen LogP contribution in [0.3, 0.4) is 0 Å². The summed E-state index contributed by atoms with van der Waals surface area (Å²) < 4.78 is 5.49. The van der Waals surface area contributed by atoms with Crippen LogP contribution in [0.1, 0.15) is 39.0 Å². The summed E-state index contributed by atoms with van der Waals surface area (Å²) in [7, 11) is 0. The van der Waals surface area contributed by atoms with Gasteiger partial charge in [-0.15, -0.1) is 16.7 Å². The molecule has 5 heteroatoms. The number of alkyl halides is 1. The van der Waals surface area contributed by atoms with E-state index in [0.717, 1.165) is 6.42 Å². The van der Waals surface area contributed by atoms with Crippen LogP contribution in [0, 0.1) is 0 Å². The largest absolute Gasteiger partial charge is 0.407 e. The first-order valence-electron chi connectivity index (χ1n) is 5.43. The molecule has 0 aromatic carbocycles. The van der Waals surface area contributed by atoms with Crippen LogP contribution in [0.25, 0.3) is 0 Å². The number of halogens is 1. The third kappa shape index (κ3) is 1.95. The number of anilines is 1. The fourth-order valence-electron chi connectivity index (χ4n) is 2.22. The molecule has 0 N–H and O–H groups in total. The third-order valence-corrected chi connectivity index (χ3v) is 3.28. The monoisotopic (exact) mass is 229 g/mol. The van der Waals surface area contributed by atoms with Gasteiger partial charge >= 0.3 is 6.01 Å². The Morgan fingerprint density at radius 2 is 2.27 bits per heavy atom. The van der Waals surface area contributed by atoms with Crippen molar-refractivity contribution in [3.8, 4) is 0 Å². The van der Waals surface area contributed by atoms with E-state index >= 15 is 0 Å². The molecule has 1 aromatic heterocycles. The van der Waals surface area contributed by atoms with Crippen LogP contribution < -0.4 is 4.90 Å². The Hall–Kier alpha value is -0.770. The first-order valence-corrected chi connectivity index (χ1v) is 5.96. The number of hydrogen-bond donors (Lipinski definition) is 0. The number of nitrogens with zero attached hydrogens (tertiary/aromatic N) is 3. The van der Waals surface area contributed by atoms with Crippen molar-refractivity contribution in [2.24, 2.45) is 0 Å². The van der Waals surface area contributed by atoms with Crippen LogP contribution >= 0.6 is 11.6 Å². The molecule has 84 valence electrons. The molecule has 0 bridgehead atoms. The Balaban J connectivity index is 2.20. The summed E-state index contributed by atoms with van der Waals surface area (Å²) in [6.07, 6.45) is 3.51. The Bertz CT molecular complexity index is 328. The maximum atomic E-state index is 5.64. The quantitative estimate of drug-likeness (QED) is 0.748. The van der Waals surface area contributed by atoms with E-state index in [1.165, 1.54) is 12.8 Å². The highest BCUT2D eigenvalue weighted by molar-refractivity contribution is 6.16. The molecule has 1 aliphatic rings. The van der Waals surface area contributed by atoms with Gasteiger partial charge in [-0.1, -0.05) is 12.0 Å². The van der Waals surface area contributed by atoms with Gasteiger partial charge in [0.1, 0.15) is 5.88 Å². The van der Waals surface area contributed by atoms with E-state index < -0.39 is 0 Å². The molecule has 15 heavy (non-hydrogen) atoms. The van der Waals surface area contributed by atoms with Gasteiger partial charge in [-0.25, -0.2) is 0 Å². The van der Waals surface area contributed by atoms with Crippen LogP contribution in [0.2, 0.25) is 0 Å². The summed E-state index contributed by atoms with van der Waals surface area (Å²) in [4.78, 5) is 2.23. The fourth-order valence-corrected chi connectivity index (χ4v) is 2.33. The van der Waals surface area contributed by atoms with Crippen molar-refractivity contribution in [1.29, 1.82) is 0 Å². The van der Waals surface area contributed by atoms with Gasteiger partial charge in [0.05, 0.1) is 0 Å². The summed E-state index contributed by atoms with van der Waals surface area (Å²) in [5.74, 6) is 0.784. The van der Waals surface area contributed by atoms with Gasteiger partial charge < -0.3 is 9.32 Å². The lowest BCUT2D eigenvalue weighted by Gasteiger charge is -2.25. The Morgan fingerprint density at radius 1 is 1.47 bits per heavy atom. The first-order chi connectivity index (χ1) is 7.26. The minimum absolute atomic E-state index is 0.284. The molecule has 1 fully saturated rings. The summed E-state index contributed by atoms with van der Waals surface area (Å²) in [6.45, 7) is 4.38. The molecule has 0 spiro atoms. The standard InChI is InChI=1S/C10H16ClN3O/c1-3-8-5-4-7(2)14(8)10-13-12-9(6-11)15-10/h7-8H,3-6H2,1-2H3. The SMILES string of the molecule is CCC1CCC(C)N1c1nnc(CCl)o1. The van der Waals surface area contributed by atoms with E-state index in [0.29, 0.717) is 24.0 Å². The van der Waals surface area contributed by atoms with Gasteiger partial charge in [-0.3, -0.25) is 0 Å². The van der Waals surface area contributed by atoms with E-state index in [1.54, 1.807) is 0 Å². The van der Waals surface area contributed by atoms with Crippen LogP contribution in [0.15, 0.2) is 4.42 Å². The summed E-state index contributed by atoms with van der Waals surface area (Å²) in [5, 5.41) is 7.93. The van der Waals surface area contributed by atoms with E-state index in [9.17, 15) is 0 Å². The predicted molar refractivity (Wildman–Crippen MR) is 59.1 cm³/mol. The molecule has 2 atom stereocenters.